The molecule has 0 atom stereocenters. The molecule has 2 aliphatic rings. The standard InChI is InChI=1S/C23H21ClFN3O3S/c24-16-6-2-3-7-18(16)26-21(29)14-28-22(30)20(32-23(28)31)13-15-8-9-19(17(25)12-15)27-10-4-1-5-11-27/h2-3,6-9,12-13H,1,4-5,10-11,14H2,(H,26,29)/b20-13+. The van der Waals surface area contributed by atoms with E-state index in [0.29, 0.717) is 22.0 Å². The lowest BCUT2D eigenvalue weighted by atomic mass is 10.1. The summed E-state index contributed by atoms with van der Waals surface area (Å²) in [6.45, 7) is 1.21. The summed E-state index contributed by atoms with van der Waals surface area (Å²) in [5, 5.41) is 2.38. The fraction of sp³-hybridized carbons (Fsp3) is 0.261. The van der Waals surface area contributed by atoms with Gasteiger partial charge in [0.2, 0.25) is 5.91 Å². The van der Waals surface area contributed by atoms with Gasteiger partial charge in [-0.1, -0.05) is 29.8 Å². The Morgan fingerprint density at radius 2 is 1.88 bits per heavy atom. The van der Waals surface area contributed by atoms with E-state index >= 15 is 0 Å². The van der Waals surface area contributed by atoms with Gasteiger partial charge in [0.15, 0.2) is 0 Å². The van der Waals surface area contributed by atoms with Crippen LogP contribution in [0.25, 0.3) is 6.08 Å². The van der Waals surface area contributed by atoms with E-state index in [0.717, 1.165) is 49.0 Å². The number of thioether (sulfide) groups is 1. The van der Waals surface area contributed by atoms with Gasteiger partial charge in [0.1, 0.15) is 12.4 Å². The van der Waals surface area contributed by atoms with E-state index in [1.54, 1.807) is 36.4 Å². The van der Waals surface area contributed by atoms with E-state index in [9.17, 15) is 18.8 Å². The molecular weight excluding hydrogens is 453 g/mol. The number of carbonyl (C=O) groups excluding carboxylic acids is 3. The largest absolute Gasteiger partial charge is 0.369 e. The van der Waals surface area contributed by atoms with Gasteiger partial charge in [-0.3, -0.25) is 19.3 Å². The second-order valence-electron chi connectivity index (χ2n) is 7.55. The van der Waals surface area contributed by atoms with Crippen LogP contribution in [0.2, 0.25) is 5.02 Å². The summed E-state index contributed by atoms with van der Waals surface area (Å²) >= 11 is 6.75. The van der Waals surface area contributed by atoms with E-state index in [1.807, 2.05) is 4.90 Å². The molecule has 2 fully saturated rings. The molecule has 2 saturated heterocycles. The van der Waals surface area contributed by atoms with E-state index in [4.69, 9.17) is 11.6 Å². The van der Waals surface area contributed by atoms with E-state index in [2.05, 4.69) is 5.32 Å². The highest BCUT2D eigenvalue weighted by atomic mass is 35.5. The Bertz CT molecular complexity index is 1100. The maximum Gasteiger partial charge on any atom is 0.294 e. The molecule has 0 spiro atoms. The Kier molecular flexibility index (Phi) is 6.81. The normalized spacial score (nSPS) is 17.9. The third-order valence-electron chi connectivity index (χ3n) is 5.29. The molecule has 32 heavy (non-hydrogen) atoms. The van der Waals surface area contributed by atoms with Crippen molar-refractivity contribution in [2.75, 3.05) is 29.9 Å². The Hall–Kier alpha value is -2.84. The Morgan fingerprint density at radius 1 is 1.12 bits per heavy atom. The molecule has 0 unspecified atom stereocenters. The van der Waals surface area contributed by atoms with Crippen LogP contribution >= 0.6 is 23.4 Å². The van der Waals surface area contributed by atoms with Gasteiger partial charge >= 0.3 is 0 Å². The number of benzene rings is 2. The number of halogens is 2. The number of hydrogen-bond donors (Lipinski definition) is 1. The summed E-state index contributed by atoms with van der Waals surface area (Å²) in [5.74, 6) is -1.49. The van der Waals surface area contributed by atoms with Crippen molar-refractivity contribution in [3.63, 3.8) is 0 Å². The van der Waals surface area contributed by atoms with Crippen molar-refractivity contribution >= 4 is 57.9 Å². The number of hydrogen-bond acceptors (Lipinski definition) is 5. The van der Waals surface area contributed by atoms with Crippen LogP contribution in [0.5, 0.6) is 0 Å². The number of imide groups is 1. The molecule has 2 heterocycles. The van der Waals surface area contributed by atoms with Crippen LogP contribution in [0.15, 0.2) is 47.4 Å². The minimum Gasteiger partial charge on any atom is -0.369 e. The highest BCUT2D eigenvalue weighted by Crippen LogP contribution is 2.33. The molecule has 0 bridgehead atoms. The molecule has 3 amide bonds. The zero-order valence-corrected chi connectivity index (χ0v) is 18.7. The number of amides is 3. The maximum atomic E-state index is 14.7. The van der Waals surface area contributed by atoms with Crippen LogP contribution in [0.1, 0.15) is 24.8 Å². The van der Waals surface area contributed by atoms with Crippen LogP contribution in [0, 0.1) is 5.82 Å². The van der Waals surface area contributed by atoms with Gasteiger partial charge in [0, 0.05) is 13.1 Å². The van der Waals surface area contributed by atoms with Crippen LogP contribution in [-0.2, 0) is 9.59 Å². The van der Waals surface area contributed by atoms with Gasteiger partial charge in [-0.15, -0.1) is 0 Å². The molecule has 0 aromatic heterocycles. The van der Waals surface area contributed by atoms with Gasteiger partial charge in [-0.2, -0.15) is 0 Å². The van der Waals surface area contributed by atoms with Crippen LogP contribution < -0.4 is 10.2 Å². The Morgan fingerprint density at radius 3 is 2.59 bits per heavy atom. The third-order valence-corrected chi connectivity index (χ3v) is 6.53. The minimum atomic E-state index is -0.588. The quantitative estimate of drug-likeness (QED) is 0.608. The SMILES string of the molecule is O=C(CN1C(=O)S/C(=C/c2ccc(N3CCCCC3)c(F)c2)C1=O)Nc1ccccc1Cl. The van der Waals surface area contributed by atoms with Gasteiger partial charge in [0.25, 0.3) is 11.1 Å². The molecule has 0 radical (unpaired) electrons. The summed E-state index contributed by atoms with van der Waals surface area (Å²) in [6.07, 6.45) is 4.71. The number of carbonyl (C=O) groups is 3. The second kappa shape index (κ2) is 9.75. The van der Waals surface area contributed by atoms with E-state index in [1.165, 1.54) is 12.1 Å². The van der Waals surface area contributed by atoms with Crippen molar-refractivity contribution in [1.82, 2.24) is 4.90 Å². The van der Waals surface area contributed by atoms with Crippen molar-refractivity contribution in [3.05, 3.63) is 63.8 Å². The molecule has 6 nitrogen and oxygen atoms in total. The first-order valence-electron chi connectivity index (χ1n) is 10.3. The van der Waals surface area contributed by atoms with E-state index < -0.39 is 23.6 Å². The number of nitrogens with one attached hydrogen (secondary N) is 1. The molecule has 2 aromatic rings. The maximum absolute atomic E-state index is 14.7. The molecule has 4 rings (SSSR count). The first kappa shape index (κ1) is 22.4. The molecule has 1 N–H and O–H groups in total. The lowest BCUT2D eigenvalue weighted by Crippen LogP contribution is -2.36. The predicted molar refractivity (Wildman–Crippen MR) is 125 cm³/mol. The fourth-order valence-electron chi connectivity index (χ4n) is 3.69. The number of piperidine rings is 1. The number of anilines is 2. The molecule has 9 heteroatoms. The van der Waals surface area contributed by atoms with Gasteiger partial charge in [-0.25, -0.2) is 4.39 Å². The lowest BCUT2D eigenvalue weighted by Gasteiger charge is -2.29. The minimum absolute atomic E-state index is 0.144. The van der Waals surface area contributed by atoms with Crippen molar-refractivity contribution in [2.24, 2.45) is 0 Å². The highest BCUT2D eigenvalue weighted by molar-refractivity contribution is 8.18. The average Bonchev–Trinajstić information content (AvgIpc) is 3.03. The number of nitrogens with zero attached hydrogens (tertiary/aromatic N) is 2. The number of rotatable bonds is 5. The Balaban J connectivity index is 1.44. The Labute approximate surface area is 194 Å². The fourth-order valence-corrected chi connectivity index (χ4v) is 4.71. The van der Waals surface area contributed by atoms with Crippen molar-refractivity contribution in [3.8, 4) is 0 Å². The summed E-state index contributed by atoms with van der Waals surface area (Å²) in [4.78, 5) is 40.3. The molecule has 0 aliphatic carbocycles. The van der Waals surface area contributed by atoms with Crippen molar-refractivity contribution in [1.29, 1.82) is 0 Å². The lowest BCUT2D eigenvalue weighted by molar-refractivity contribution is -0.127. The highest BCUT2D eigenvalue weighted by Gasteiger charge is 2.36. The first-order valence-corrected chi connectivity index (χ1v) is 11.5. The molecular formula is C23H21ClFN3O3S. The zero-order valence-electron chi connectivity index (χ0n) is 17.1. The van der Waals surface area contributed by atoms with E-state index in [-0.39, 0.29) is 10.7 Å². The smallest absolute Gasteiger partial charge is 0.294 e. The number of para-hydroxylation sites is 1. The third kappa shape index (κ3) is 4.97. The predicted octanol–water partition coefficient (Wildman–Crippen LogP) is 5.14. The van der Waals surface area contributed by atoms with Crippen LogP contribution in [-0.4, -0.2) is 41.6 Å². The van der Waals surface area contributed by atoms with Gasteiger partial charge < -0.3 is 10.2 Å². The van der Waals surface area contributed by atoms with Crippen molar-refractivity contribution < 1.29 is 18.8 Å². The topological polar surface area (TPSA) is 69.7 Å². The second-order valence-corrected chi connectivity index (χ2v) is 8.95. The molecule has 2 aliphatic heterocycles. The zero-order chi connectivity index (χ0) is 22.7. The average molecular weight is 474 g/mol. The summed E-state index contributed by atoms with van der Waals surface area (Å²) in [6, 6.07) is 11.5. The summed E-state index contributed by atoms with van der Waals surface area (Å²) < 4.78 is 14.7. The summed E-state index contributed by atoms with van der Waals surface area (Å²) in [5.41, 5.74) is 1.42. The summed E-state index contributed by atoms with van der Waals surface area (Å²) in [7, 11) is 0. The monoisotopic (exact) mass is 473 g/mol. The van der Waals surface area contributed by atoms with Gasteiger partial charge in [-0.05, 0) is 66.9 Å². The van der Waals surface area contributed by atoms with Crippen LogP contribution in [0.4, 0.5) is 20.6 Å². The van der Waals surface area contributed by atoms with Crippen molar-refractivity contribution in [2.45, 2.75) is 19.3 Å². The molecule has 166 valence electrons. The van der Waals surface area contributed by atoms with Gasteiger partial charge in [0.05, 0.1) is 21.3 Å². The first-order chi connectivity index (χ1) is 15.4. The van der Waals surface area contributed by atoms with Crippen LogP contribution in [0.3, 0.4) is 0 Å². The molecule has 2 aromatic carbocycles. The molecule has 0 saturated carbocycles.